The van der Waals surface area contributed by atoms with E-state index in [1.807, 2.05) is 18.2 Å². The van der Waals surface area contributed by atoms with Gasteiger partial charge in [0.05, 0.1) is 0 Å². The van der Waals surface area contributed by atoms with E-state index < -0.39 is 0 Å². The van der Waals surface area contributed by atoms with Gasteiger partial charge in [0.15, 0.2) is 11.6 Å². The lowest BCUT2D eigenvalue weighted by atomic mass is 10.2. The minimum atomic E-state index is 0.671. The maximum Gasteiger partial charge on any atom is 0.157 e. The molecule has 3 aromatic rings. The third kappa shape index (κ3) is 1.80. The summed E-state index contributed by atoms with van der Waals surface area (Å²) in [4.78, 5) is 8.49. The normalized spacial score (nSPS) is 10.8. The zero-order chi connectivity index (χ0) is 12.5. The average molecular weight is 260 g/mol. The first-order valence-corrected chi connectivity index (χ1v) is 5.84. The minimum Gasteiger partial charge on any atom is -0.454 e. The molecule has 0 atom stereocenters. The Kier molecular flexibility index (Phi) is 2.64. The van der Waals surface area contributed by atoms with Crippen LogP contribution < -0.4 is 5.32 Å². The van der Waals surface area contributed by atoms with Crippen molar-refractivity contribution in [3.63, 3.8) is 0 Å². The van der Waals surface area contributed by atoms with Gasteiger partial charge in [-0.05, 0) is 24.3 Å². The minimum absolute atomic E-state index is 0.671. The molecule has 2 heterocycles. The number of benzene rings is 1. The number of aromatic nitrogens is 2. The number of anilines is 1. The second-order valence-corrected chi connectivity index (χ2v) is 4.23. The van der Waals surface area contributed by atoms with Crippen LogP contribution in [0.5, 0.6) is 0 Å². The second-order valence-electron chi connectivity index (χ2n) is 3.80. The molecule has 2 aromatic heterocycles. The second kappa shape index (κ2) is 4.31. The van der Waals surface area contributed by atoms with E-state index in [0.717, 1.165) is 11.0 Å². The van der Waals surface area contributed by atoms with Crippen molar-refractivity contribution >= 4 is 28.4 Å². The number of rotatable bonds is 2. The van der Waals surface area contributed by atoms with E-state index in [0.29, 0.717) is 22.3 Å². The van der Waals surface area contributed by atoms with Crippen LogP contribution in [0.15, 0.2) is 41.1 Å². The summed E-state index contributed by atoms with van der Waals surface area (Å²) in [6.45, 7) is 0. The SMILES string of the molecule is CNc1nccnc1-c1cc2cc(Cl)ccc2o1. The van der Waals surface area contributed by atoms with Crippen molar-refractivity contribution < 1.29 is 4.42 Å². The zero-order valence-corrected chi connectivity index (χ0v) is 10.4. The highest BCUT2D eigenvalue weighted by molar-refractivity contribution is 6.31. The van der Waals surface area contributed by atoms with E-state index in [1.54, 1.807) is 25.5 Å². The van der Waals surface area contributed by atoms with E-state index in [-0.39, 0.29) is 0 Å². The first-order valence-electron chi connectivity index (χ1n) is 5.46. The molecule has 0 radical (unpaired) electrons. The summed E-state index contributed by atoms with van der Waals surface area (Å²) in [7, 11) is 1.80. The first kappa shape index (κ1) is 11.0. The smallest absolute Gasteiger partial charge is 0.157 e. The lowest BCUT2D eigenvalue weighted by Crippen LogP contribution is -1.96. The molecule has 0 fully saturated rings. The molecule has 0 aliphatic carbocycles. The van der Waals surface area contributed by atoms with E-state index in [2.05, 4.69) is 15.3 Å². The van der Waals surface area contributed by atoms with Crippen LogP contribution in [0, 0.1) is 0 Å². The van der Waals surface area contributed by atoms with Gasteiger partial charge in [-0.2, -0.15) is 0 Å². The van der Waals surface area contributed by atoms with Crippen molar-refractivity contribution in [1.82, 2.24) is 9.97 Å². The molecule has 3 rings (SSSR count). The quantitative estimate of drug-likeness (QED) is 0.764. The largest absolute Gasteiger partial charge is 0.454 e. The Labute approximate surface area is 109 Å². The lowest BCUT2D eigenvalue weighted by molar-refractivity contribution is 0.628. The summed E-state index contributed by atoms with van der Waals surface area (Å²) in [5, 5.41) is 4.62. The number of furan rings is 1. The van der Waals surface area contributed by atoms with Crippen molar-refractivity contribution in [2.45, 2.75) is 0 Å². The van der Waals surface area contributed by atoms with Crippen LogP contribution in [0.2, 0.25) is 5.02 Å². The average Bonchev–Trinajstić information content (AvgIpc) is 2.81. The van der Waals surface area contributed by atoms with E-state index in [9.17, 15) is 0 Å². The highest BCUT2D eigenvalue weighted by Gasteiger charge is 2.12. The summed E-state index contributed by atoms with van der Waals surface area (Å²) in [5.74, 6) is 1.35. The summed E-state index contributed by atoms with van der Waals surface area (Å²) in [5.41, 5.74) is 1.47. The molecule has 0 unspecified atom stereocenters. The number of fused-ring (bicyclic) bond motifs is 1. The van der Waals surface area contributed by atoms with Gasteiger partial charge in [0.2, 0.25) is 0 Å². The maximum absolute atomic E-state index is 5.95. The van der Waals surface area contributed by atoms with E-state index in [4.69, 9.17) is 16.0 Å². The molecule has 1 N–H and O–H groups in total. The third-order valence-electron chi connectivity index (χ3n) is 2.65. The van der Waals surface area contributed by atoms with Gasteiger partial charge in [0.25, 0.3) is 0 Å². The Hall–Kier alpha value is -2.07. The number of hydrogen-bond donors (Lipinski definition) is 1. The number of nitrogens with one attached hydrogen (secondary N) is 1. The van der Waals surface area contributed by atoms with Gasteiger partial charge in [0, 0.05) is 29.9 Å². The Morgan fingerprint density at radius 1 is 1.17 bits per heavy atom. The van der Waals surface area contributed by atoms with E-state index >= 15 is 0 Å². The van der Waals surface area contributed by atoms with Crippen LogP contribution in [0.3, 0.4) is 0 Å². The Morgan fingerprint density at radius 2 is 2.00 bits per heavy atom. The predicted molar refractivity (Wildman–Crippen MR) is 71.8 cm³/mol. The van der Waals surface area contributed by atoms with Gasteiger partial charge in [-0.3, -0.25) is 0 Å². The third-order valence-corrected chi connectivity index (χ3v) is 2.88. The van der Waals surface area contributed by atoms with Crippen molar-refractivity contribution in [3.05, 3.63) is 41.7 Å². The molecule has 0 saturated carbocycles. The molecule has 0 amide bonds. The molecule has 0 saturated heterocycles. The topological polar surface area (TPSA) is 51.0 Å². The van der Waals surface area contributed by atoms with Crippen LogP contribution in [0.4, 0.5) is 5.82 Å². The molecular formula is C13H10ClN3O. The molecule has 4 nitrogen and oxygen atoms in total. The van der Waals surface area contributed by atoms with E-state index in [1.165, 1.54) is 0 Å². The van der Waals surface area contributed by atoms with Crippen LogP contribution in [-0.4, -0.2) is 17.0 Å². The highest BCUT2D eigenvalue weighted by atomic mass is 35.5. The molecule has 1 aromatic carbocycles. The number of hydrogen-bond acceptors (Lipinski definition) is 4. The fraction of sp³-hybridized carbons (Fsp3) is 0.0769. The Bertz CT molecular complexity index is 708. The molecule has 0 aliphatic rings. The molecule has 0 aliphatic heterocycles. The molecular weight excluding hydrogens is 250 g/mol. The monoisotopic (exact) mass is 259 g/mol. The van der Waals surface area contributed by atoms with Gasteiger partial charge in [-0.15, -0.1) is 0 Å². The first-order chi connectivity index (χ1) is 8.78. The molecule has 0 spiro atoms. The summed E-state index contributed by atoms with van der Waals surface area (Å²) in [6.07, 6.45) is 3.27. The van der Waals surface area contributed by atoms with Gasteiger partial charge in [-0.1, -0.05) is 11.6 Å². The standard InChI is InChI=1S/C13H10ClN3O/c1-15-13-12(16-4-5-17-13)11-7-8-6-9(14)2-3-10(8)18-11/h2-7H,1H3,(H,15,17). The van der Waals surface area contributed by atoms with Gasteiger partial charge in [0.1, 0.15) is 11.3 Å². The fourth-order valence-electron chi connectivity index (χ4n) is 1.83. The Morgan fingerprint density at radius 3 is 2.83 bits per heavy atom. The molecule has 0 bridgehead atoms. The van der Waals surface area contributed by atoms with Crippen molar-refractivity contribution in [3.8, 4) is 11.5 Å². The molecule has 5 heteroatoms. The van der Waals surface area contributed by atoms with Crippen molar-refractivity contribution in [2.24, 2.45) is 0 Å². The number of nitrogens with zero attached hydrogens (tertiary/aromatic N) is 2. The van der Waals surface area contributed by atoms with Crippen LogP contribution in [0.25, 0.3) is 22.4 Å². The fourth-order valence-corrected chi connectivity index (χ4v) is 2.01. The van der Waals surface area contributed by atoms with Crippen molar-refractivity contribution in [1.29, 1.82) is 0 Å². The maximum atomic E-state index is 5.95. The zero-order valence-electron chi connectivity index (χ0n) is 9.64. The van der Waals surface area contributed by atoms with Crippen LogP contribution in [-0.2, 0) is 0 Å². The molecule has 18 heavy (non-hydrogen) atoms. The Balaban J connectivity index is 2.19. The summed E-state index contributed by atoms with van der Waals surface area (Å²) < 4.78 is 5.75. The van der Waals surface area contributed by atoms with Crippen LogP contribution >= 0.6 is 11.6 Å². The van der Waals surface area contributed by atoms with Crippen molar-refractivity contribution in [2.75, 3.05) is 12.4 Å². The van der Waals surface area contributed by atoms with Crippen LogP contribution in [0.1, 0.15) is 0 Å². The summed E-state index contributed by atoms with van der Waals surface area (Å²) in [6, 6.07) is 7.41. The van der Waals surface area contributed by atoms with Gasteiger partial charge < -0.3 is 9.73 Å². The van der Waals surface area contributed by atoms with Gasteiger partial charge >= 0.3 is 0 Å². The highest BCUT2D eigenvalue weighted by Crippen LogP contribution is 2.30. The number of halogens is 1. The molecule has 90 valence electrons. The summed E-state index contributed by atoms with van der Waals surface area (Å²) >= 11 is 5.95. The lowest BCUT2D eigenvalue weighted by Gasteiger charge is -2.02. The predicted octanol–water partition coefficient (Wildman–Crippen LogP) is 3.58. The van der Waals surface area contributed by atoms with Gasteiger partial charge in [-0.25, -0.2) is 9.97 Å².